The van der Waals surface area contributed by atoms with Gasteiger partial charge in [0.2, 0.25) is 0 Å². The topological polar surface area (TPSA) is 53.3 Å². The van der Waals surface area contributed by atoms with Crippen molar-refractivity contribution in [3.8, 4) is 6.07 Å². The smallest absolute Gasteiger partial charge is 0.323 e. The van der Waals surface area contributed by atoms with Crippen LogP contribution >= 0.6 is 0 Å². The summed E-state index contributed by atoms with van der Waals surface area (Å²) >= 11 is 0. The van der Waals surface area contributed by atoms with Crippen molar-refractivity contribution in [1.29, 1.82) is 5.26 Å². The summed E-state index contributed by atoms with van der Waals surface area (Å²) in [5, 5.41) is 9.05. The Morgan fingerprint density at radius 2 is 2.22 bits per heavy atom. The lowest BCUT2D eigenvalue weighted by atomic mass is 9.85. The van der Waals surface area contributed by atoms with Crippen LogP contribution in [0.5, 0.6) is 0 Å². The quantitative estimate of drug-likeness (QED) is 0.720. The summed E-state index contributed by atoms with van der Waals surface area (Å²) in [6.07, 6.45) is 6.14. The Hall–Kier alpha value is -1.08. The lowest BCUT2D eigenvalue weighted by molar-refractivity contribution is -0.149. The highest BCUT2D eigenvalue weighted by Crippen LogP contribution is 2.32. The molecule has 1 saturated heterocycles. The first-order valence-electron chi connectivity index (χ1n) is 7.08. The number of carbonyl (C=O) groups is 1. The minimum Gasteiger partial charge on any atom is -0.465 e. The summed E-state index contributed by atoms with van der Waals surface area (Å²) in [5.41, 5.74) is 0. The second-order valence-corrected chi connectivity index (χ2v) is 5.29. The highest BCUT2D eigenvalue weighted by Gasteiger charge is 2.38. The van der Waals surface area contributed by atoms with Crippen molar-refractivity contribution in [3.63, 3.8) is 0 Å². The van der Waals surface area contributed by atoms with Gasteiger partial charge in [-0.2, -0.15) is 5.26 Å². The van der Waals surface area contributed by atoms with Gasteiger partial charge in [0.15, 0.2) is 0 Å². The molecule has 0 N–H and O–H groups in total. The van der Waals surface area contributed by atoms with E-state index in [0.29, 0.717) is 12.6 Å². The minimum absolute atomic E-state index is 0.0626. The van der Waals surface area contributed by atoms with E-state index in [1.165, 1.54) is 0 Å². The third-order valence-corrected chi connectivity index (χ3v) is 4.15. The van der Waals surface area contributed by atoms with Crippen LogP contribution in [-0.4, -0.2) is 36.1 Å². The number of nitrogens with zero attached hydrogens (tertiary/aromatic N) is 2. The molecule has 1 saturated carbocycles. The van der Waals surface area contributed by atoms with Crippen LogP contribution in [0.25, 0.3) is 0 Å². The fraction of sp³-hybridized carbons (Fsp3) is 0.857. The molecule has 100 valence electrons. The molecule has 2 fully saturated rings. The Bertz CT molecular complexity index is 337. The number of nitriles is 1. The van der Waals surface area contributed by atoms with E-state index in [9.17, 15) is 4.79 Å². The fourth-order valence-electron chi connectivity index (χ4n) is 3.30. The van der Waals surface area contributed by atoms with Crippen molar-refractivity contribution >= 4 is 5.97 Å². The number of hydrogen-bond acceptors (Lipinski definition) is 4. The molecular weight excluding hydrogens is 228 g/mol. The largest absolute Gasteiger partial charge is 0.465 e. The van der Waals surface area contributed by atoms with E-state index in [2.05, 4.69) is 11.0 Å². The first-order valence-corrected chi connectivity index (χ1v) is 7.08. The summed E-state index contributed by atoms with van der Waals surface area (Å²) in [7, 11) is 0. The normalized spacial score (nSPS) is 33.0. The number of rotatable bonds is 3. The summed E-state index contributed by atoms with van der Waals surface area (Å²) < 4.78 is 5.15. The Labute approximate surface area is 109 Å². The minimum atomic E-state index is -0.0749. The lowest BCUT2D eigenvalue weighted by Gasteiger charge is -2.35. The highest BCUT2D eigenvalue weighted by molar-refractivity contribution is 5.76. The predicted octanol–water partition coefficient (Wildman–Crippen LogP) is 2.10. The van der Waals surface area contributed by atoms with Gasteiger partial charge in [0.1, 0.15) is 6.04 Å². The third-order valence-electron chi connectivity index (χ3n) is 4.15. The van der Waals surface area contributed by atoms with Gasteiger partial charge in [-0.25, -0.2) is 0 Å². The zero-order chi connectivity index (χ0) is 13.0. The second kappa shape index (κ2) is 6.19. The lowest BCUT2D eigenvalue weighted by Crippen LogP contribution is -2.45. The average Bonchev–Trinajstić information content (AvgIpc) is 2.88. The molecule has 1 aliphatic heterocycles. The van der Waals surface area contributed by atoms with E-state index in [-0.39, 0.29) is 17.9 Å². The van der Waals surface area contributed by atoms with Crippen LogP contribution < -0.4 is 0 Å². The van der Waals surface area contributed by atoms with Crippen LogP contribution in [0.2, 0.25) is 0 Å². The molecule has 0 aromatic carbocycles. The molecule has 4 heteroatoms. The number of likely N-dealkylation sites (tertiary alicyclic amines) is 1. The van der Waals surface area contributed by atoms with Gasteiger partial charge in [-0.3, -0.25) is 9.69 Å². The van der Waals surface area contributed by atoms with Crippen LogP contribution in [0.1, 0.15) is 45.4 Å². The monoisotopic (exact) mass is 250 g/mol. The fourth-order valence-corrected chi connectivity index (χ4v) is 3.30. The van der Waals surface area contributed by atoms with Crippen LogP contribution in [0.3, 0.4) is 0 Å². The Balaban J connectivity index is 1.98. The molecule has 0 amide bonds. The molecule has 0 radical (unpaired) electrons. The Kier molecular flexibility index (Phi) is 4.60. The average molecular weight is 250 g/mol. The molecule has 0 bridgehead atoms. The van der Waals surface area contributed by atoms with Crippen molar-refractivity contribution in [1.82, 2.24) is 4.90 Å². The molecule has 1 heterocycles. The van der Waals surface area contributed by atoms with Gasteiger partial charge in [-0.15, -0.1) is 0 Å². The van der Waals surface area contributed by atoms with Gasteiger partial charge >= 0.3 is 5.97 Å². The van der Waals surface area contributed by atoms with E-state index in [0.717, 1.165) is 45.1 Å². The van der Waals surface area contributed by atoms with E-state index in [1.807, 2.05) is 6.92 Å². The molecule has 2 rings (SSSR count). The molecular formula is C14H22N2O2. The van der Waals surface area contributed by atoms with Gasteiger partial charge in [0.05, 0.1) is 12.7 Å². The molecule has 2 aliphatic rings. The van der Waals surface area contributed by atoms with Crippen molar-refractivity contribution in [2.45, 2.75) is 57.5 Å². The van der Waals surface area contributed by atoms with Crippen molar-refractivity contribution in [2.24, 2.45) is 5.92 Å². The first kappa shape index (κ1) is 13.4. The number of esters is 1. The van der Waals surface area contributed by atoms with Crippen molar-refractivity contribution < 1.29 is 9.53 Å². The number of carbonyl (C=O) groups excluding carboxylic acids is 1. The maximum atomic E-state index is 11.9. The summed E-state index contributed by atoms with van der Waals surface area (Å²) in [6.45, 7) is 3.28. The highest BCUT2D eigenvalue weighted by atomic mass is 16.5. The SMILES string of the molecule is CCOC(=O)[C@H]1CCCN1[C@@H]1CCC[C@@H](C#N)C1. The van der Waals surface area contributed by atoms with Crippen LogP contribution in [0, 0.1) is 17.2 Å². The number of ether oxygens (including phenoxy) is 1. The Morgan fingerprint density at radius 3 is 2.94 bits per heavy atom. The van der Waals surface area contributed by atoms with Gasteiger partial charge in [0, 0.05) is 12.0 Å². The van der Waals surface area contributed by atoms with Gasteiger partial charge < -0.3 is 4.74 Å². The van der Waals surface area contributed by atoms with Gasteiger partial charge in [0.25, 0.3) is 0 Å². The second-order valence-electron chi connectivity index (χ2n) is 5.29. The standard InChI is InChI=1S/C14H22N2O2/c1-2-18-14(17)13-7-4-8-16(13)12-6-3-5-11(9-12)10-15/h11-13H,2-9H2,1H3/t11-,12-,13-/m1/s1. The molecule has 1 aliphatic carbocycles. The summed E-state index contributed by atoms with van der Waals surface area (Å²) in [5.74, 6) is 0.0984. The molecule has 18 heavy (non-hydrogen) atoms. The Morgan fingerprint density at radius 1 is 1.39 bits per heavy atom. The maximum Gasteiger partial charge on any atom is 0.323 e. The molecule has 0 spiro atoms. The van der Waals surface area contributed by atoms with Gasteiger partial charge in [-0.05, 0) is 45.6 Å². The van der Waals surface area contributed by atoms with Crippen molar-refractivity contribution in [2.75, 3.05) is 13.2 Å². The predicted molar refractivity (Wildman–Crippen MR) is 67.7 cm³/mol. The molecule has 0 aromatic heterocycles. The number of hydrogen-bond donors (Lipinski definition) is 0. The van der Waals surface area contributed by atoms with E-state index >= 15 is 0 Å². The molecule has 0 aromatic rings. The van der Waals surface area contributed by atoms with Crippen LogP contribution in [-0.2, 0) is 9.53 Å². The maximum absolute atomic E-state index is 11.9. The zero-order valence-corrected chi connectivity index (χ0v) is 11.1. The van der Waals surface area contributed by atoms with E-state index in [4.69, 9.17) is 10.00 Å². The van der Waals surface area contributed by atoms with Crippen molar-refractivity contribution in [3.05, 3.63) is 0 Å². The summed E-state index contributed by atoms with van der Waals surface area (Å²) in [6, 6.07) is 2.72. The molecule has 4 nitrogen and oxygen atoms in total. The van der Waals surface area contributed by atoms with E-state index in [1.54, 1.807) is 0 Å². The zero-order valence-electron chi connectivity index (χ0n) is 11.1. The first-order chi connectivity index (χ1) is 8.76. The van der Waals surface area contributed by atoms with Crippen LogP contribution in [0.15, 0.2) is 0 Å². The molecule has 0 unspecified atom stereocenters. The molecule has 3 atom stereocenters. The van der Waals surface area contributed by atoms with Gasteiger partial charge in [-0.1, -0.05) is 6.42 Å². The third kappa shape index (κ3) is 2.84. The van der Waals surface area contributed by atoms with E-state index < -0.39 is 0 Å². The summed E-state index contributed by atoms with van der Waals surface area (Å²) in [4.78, 5) is 14.2. The van der Waals surface area contributed by atoms with Crippen LogP contribution in [0.4, 0.5) is 0 Å².